The van der Waals surface area contributed by atoms with E-state index in [4.69, 9.17) is 4.74 Å². The third-order valence-electron chi connectivity index (χ3n) is 2.67. The van der Waals surface area contributed by atoms with Gasteiger partial charge in [0.1, 0.15) is 12.4 Å². The molecule has 0 spiro atoms. The van der Waals surface area contributed by atoms with Crippen LogP contribution in [-0.2, 0) is 6.61 Å². The summed E-state index contributed by atoms with van der Waals surface area (Å²) in [5.74, 6) is 0.611. The van der Waals surface area contributed by atoms with E-state index in [1.54, 1.807) is 24.5 Å². The smallest absolute Gasteiger partial charge is 0.269 e. The number of rotatable bonds is 4. The second kappa shape index (κ2) is 8.21. The second-order valence-electron chi connectivity index (χ2n) is 4.26. The minimum atomic E-state index is -0.436. The van der Waals surface area contributed by atoms with Crippen molar-refractivity contribution >= 4 is 5.69 Å². The number of nitro groups is 1. The van der Waals surface area contributed by atoms with Crippen LogP contribution in [0.4, 0.5) is 5.69 Å². The molecule has 2 aromatic heterocycles. The van der Waals surface area contributed by atoms with Gasteiger partial charge in [0.2, 0.25) is 0 Å². The van der Waals surface area contributed by atoms with Gasteiger partial charge in [0, 0.05) is 30.7 Å². The molecule has 1 aromatic carbocycles. The lowest BCUT2D eigenvalue weighted by atomic mass is 10.3. The third-order valence-corrected chi connectivity index (χ3v) is 2.67. The van der Waals surface area contributed by atoms with Crippen molar-refractivity contribution in [2.75, 3.05) is 0 Å². The van der Waals surface area contributed by atoms with Crippen LogP contribution in [0.15, 0.2) is 73.2 Å². The lowest BCUT2D eigenvalue weighted by Gasteiger charge is -2.03. The Morgan fingerprint density at radius 1 is 1.05 bits per heavy atom. The molecule has 2 heterocycles. The number of benzene rings is 1. The zero-order valence-electron chi connectivity index (χ0n) is 11.8. The Kier molecular flexibility index (Phi) is 5.69. The molecule has 0 aliphatic carbocycles. The van der Waals surface area contributed by atoms with Crippen LogP contribution < -0.4 is 4.74 Å². The first-order valence-corrected chi connectivity index (χ1v) is 6.60. The molecule has 3 aromatic rings. The predicted molar refractivity (Wildman–Crippen MR) is 82.5 cm³/mol. The second-order valence-corrected chi connectivity index (χ2v) is 4.26. The molecule has 0 radical (unpaired) electrons. The van der Waals surface area contributed by atoms with Crippen LogP contribution >= 0.6 is 0 Å². The van der Waals surface area contributed by atoms with Gasteiger partial charge in [0.05, 0.1) is 10.6 Å². The van der Waals surface area contributed by atoms with Gasteiger partial charge in [-0.1, -0.05) is 6.07 Å². The fourth-order valence-corrected chi connectivity index (χ4v) is 1.60. The maximum Gasteiger partial charge on any atom is 0.269 e. The Bertz CT molecular complexity index is 641. The van der Waals surface area contributed by atoms with Crippen LogP contribution in [-0.4, -0.2) is 14.9 Å². The Balaban J connectivity index is 0.000000246. The number of aromatic amines is 1. The molecular weight excluding hydrogens is 282 g/mol. The van der Waals surface area contributed by atoms with E-state index in [1.165, 1.54) is 12.1 Å². The van der Waals surface area contributed by atoms with Gasteiger partial charge in [-0.3, -0.25) is 15.1 Å². The van der Waals surface area contributed by atoms with Crippen molar-refractivity contribution in [3.05, 3.63) is 89.0 Å². The van der Waals surface area contributed by atoms with Crippen molar-refractivity contribution in [1.29, 1.82) is 0 Å². The first-order valence-electron chi connectivity index (χ1n) is 6.60. The van der Waals surface area contributed by atoms with Gasteiger partial charge >= 0.3 is 0 Å². The van der Waals surface area contributed by atoms with Gasteiger partial charge in [-0.2, -0.15) is 0 Å². The van der Waals surface area contributed by atoms with Crippen molar-refractivity contribution in [3.63, 3.8) is 0 Å². The lowest BCUT2D eigenvalue weighted by Crippen LogP contribution is -1.95. The van der Waals surface area contributed by atoms with Gasteiger partial charge in [-0.25, -0.2) is 0 Å². The maximum absolute atomic E-state index is 10.4. The molecule has 0 aliphatic heterocycles. The number of nitrogens with zero attached hydrogens (tertiary/aromatic N) is 2. The van der Waals surface area contributed by atoms with Crippen molar-refractivity contribution in [1.82, 2.24) is 9.97 Å². The van der Waals surface area contributed by atoms with Crippen LogP contribution in [0.5, 0.6) is 5.75 Å². The van der Waals surface area contributed by atoms with Gasteiger partial charge in [-0.05, 0) is 36.4 Å². The summed E-state index contributed by atoms with van der Waals surface area (Å²) < 4.78 is 5.43. The first kappa shape index (κ1) is 15.2. The van der Waals surface area contributed by atoms with E-state index in [9.17, 15) is 10.1 Å². The number of hydrogen-bond donors (Lipinski definition) is 1. The van der Waals surface area contributed by atoms with E-state index in [0.717, 1.165) is 5.69 Å². The highest BCUT2D eigenvalue weighted by atomic mass is 16.6. The molecule has 0 saturated heterocycles. The normalized spacial score (nSPS) is 9.45. The molecule has 0 bridgehead atoms. The summed E-state index contributed by atoms with van der Waals surface area (Å²) >= 11 is 0. The summed E-state index contributed by atoms with van der Waals surface area (Å²) in [5, 5.41) is 10.4. The Hall–Kier alpha value is -3.15. The molecule has 0 atom stereocenters. The quantitative estimate of drug-likeness (QED) is 0.589. The van der Waals surface area contributed by atoms with Crippen LogP contribution in [0.3, 0.4) is 0 Å². The van der Waals surface area contributed by atoms with Gasteiger partial charge < -0.3 is 9.72 Å². The van der Waals surface area contributed by atoms with Gasteiger partial charge in [0.25, 0.3) is 5.69 Å². The van der Waals surface area contributed by atoms with Crippen molar-refractivity contribution < 1.29 is 9.66 Å². The summed E-state index contributed by atoms with van der Waals surface area (Å²) in [4.78, 5) is 16.8. The third kappa shape index (κ3) is 5.09. The molecule has 0 fully saturated rings. The number of ether oxygens (including phenoxy) is 1. The Morgan fingerprint density at radius 2 is 1.77 bits per heavy atom. The van der Waals surface area contributed by atoms with E-state index in [0.29, 0.717) is 12.4 Å². The molecule has 0 aliphatic rings. The zero-order valence-corrected chi connectivity index (χ0v) is 11.8. The number of nitrogens with one attached hydrogen (secondary N) is 1. The Labute approximate surface area is 127 Å². The molecule has 22 heavy (non-hydrogen) atoms. The molecule has 1 N–H and O–H groups in total. The van der Waals surface area contributed by atoms with Crippen LogP contribution in [0.2, 0.25) is 0 Å². The largest absolute Gasteiger partial charge is 0.487 e. The van der Waals surface area contributed by atoms with Gasteiger partial charge in [-0.15, -0.1) is 0 Å². The van der Waals surface area contributed by atoms with E-state index < -0.39 is 4.92 Å². The summed E-state index contributed by atoms with van der Waals surface area (Å²) in [5.41, 5.74) is 1.02. The average Bonchev–Trinajstić information content (AvgIpc) is 3.09. The number of pyridine rings is 1. The van der Waals surface area contributed by atoms with E-state index >= 15 is 0 Å². The number of aromatic nitrogens is 2. The number of H-pyrrole nitrogens is 1. The molecule has 6 nitrogen and oxygen atoms in total. The van der Waals surface area contributed by atoms with Crippen LogP contribution in [0.1, 0.15) is 5.69 Å². The first-order chi connectivity index (χ1) is 10.8. The number of hydrogen-bond acceptors (Lipinski definition) is 4. The fourth-order valence-electron chi connectivity index (χ4n) is 1.60. The van der Waals surface area contributed by atoms with Crippen molar-refractivity contribution in [2.45, 2.75) is 6.61 Å². The molecule has 0 unspecified atom stereocenters. The number of nitro benzene ring substituents is 1. The molecular formula is C16H15N3O3. The highest BCUT2D eigenvalue weighted by Crippen LogP contribution is 2.18. The summed E-state index contributed by atoms with van der Waals surface area (Å²) in [6.45, 7) is 0.421. The fraction of sp³-hybridized carbons (Fsp3) is 0.0625. The highest BCUT2D eigenvalue weighted by molar-refractivity contribution is 5.36. The topological polar surface area (TPSA) is 81.0 Å². The predicted octanol–water partition coefficient (Wildman–Crippen LogP) is 3.58. The highest BCUT2D eigenvalue weighted by Gasteiger charge is 2.04. The average molecular weight is 297 g/mol. The lowest BCUT2D eigenvalue weighted by molar-refractivity contribution is -0.384. The monoisotopic (exact) mass is 297 g/mol. The molecule has 3 rings (SSSR count). The standard InChI is InChI=1S/C11H10N2O3.C5H5N/c14-13(15)10-3-5-11(6-4-10)16-8-9-2-1-7-12-9;1-2-4-6-5-3-1/h1-7,12H,8H2;1-5H. The van der Waals surface area contributed by atoms with Crippen molar-refractivity contribution in [2.24, 2.45) is 0 Å². The van der Waals surface area contributed by atoms with Crippen LogP contribution in [0, 0.1) is 10.1 Å². The summed E-state index contributed by atoms with van der Waals surface area (Å²) in [6.07, 6.45) is 5.31. The van der Waals surface area contributed by atoms with E-state index in [2.05, 4.69) is 9.97 Å². The molecule has 6 heteroatoms. The zero-order chi connectivity index (χ0) is 15.6. The summed E-state index contributed by atoms with van der Waals surface area (Å²) in [6, 6.07) is 15.5. The summed E-state index contributed by atoms with van der Waals surface area (Å²) in [7, 11) is 0. The number of non-ortho nitro benzene ring substituents is 1. The SMILES string of the molecule is O=[N+]([O-])c1ccc(OCc2ccc[nH]2)cc1.c1ccncc1. The van der Waals surface area contributed by atoms with Crippen LogP contribution in [0.25, 0.3) is 0 Å². The van der Waals surface area contributed by atoms with Gasteiger partial charge in [0.15, 0.2) is 0 Å². The molecule has 112 valence electrons. The molecule has 0 saturated carbocycles. The van der Waals surface area contributed by atoms with E-state index in [1.807, 2.05) is 36.5 Å². The van der Waals surface area contributed by atoms with Crippen molar-refractivity contribution in [3.8, 4) is 5.75 Å². The minimum absolute atomic E-state index is 0.0622. The maximum atomic E-state index is 10.4. The van der Waals surface area contributed by atoms with E-state index in [-0.39, 0.29) is 5.69 Å². The molecule has 0 amide bonds. The minimum Gasteiger partial charge on any atom is -0.487 e. The Morgan fingerprint density at radius 3 is 2.23 bits per heavy atom.